The molecule has 0 aliphatic rings. The summed E-state index contributed by atoms with van der Waals surface area (Å²) in [5, 5.41) is 28.1. The van der Waals surface area contributed by atoms with Crippen LogP contribution in [-0.2, 0) is 4.79 Å². The first-order chi connectivity index (χ1) is 12.9. The zero-order valence-corrected chi connectivity index (χ0v) is 16.9. The van der Waals surface area contributed by atoms with Gasteiger partial charge in [-0.1, -0.05) is 78.1 Å². The van der Waals surface area contributed by atoms with Gasteiger partial charge in [-0.25, -0.2) is 0 Å². The third kappa shape index (κ3) is 10.1. The molecule has 0 saturated carbocycles. The maximum atomic E-state index is 11.9. The molecule has 1 rings (SSSR count). The minimum absolute atomic E-state index is 0.0272. The molecule has 0 bridgehead atoms. The number of hydrogen-bond donors (Lipinski definition) is 3. The molecule has 0 saturated heterocycles. The van der Waals surface area contributed by atoms with E-state index in [0.29, 0.717) is 12.3 Å². The van der Waals surface area contributed by atoms with Crippen molar-refractivity contribution in [1.29, 1.82) is 0 Å². The number of aromatic hydroxyl groups is 3. The molecule has 0 aromatic heterocycles. The highest BCUT2D eigenvalue weighted by atomic mass is 16.5. The standard InChI is InChI=1S/C22H36O5/c1-3-4-5-6-7-8-9-10-11-12-17(2)13-14-21(25)27-18-15-19(23)22(26)20(24)16-18/h15-17,23-24,26H,3-14H2,1-2H3. The molecule has 0 aliphatic heterocycles. The van der Waals surface area contributed by atoms with Crippen molar-refractivity contribution in [3.8, 4) is 23.0 Å². The molecule has 3 N–H and O–H groups in total. The van der Waals surface area contributed by atoms with Gasteiger partial charge in [0.2, 0.25) is 5.75 Å². The molecule has 1 atom stereocenters. The van der Waals surface area contributed by atoms with Crippen molar-refractivity contribution in [3.63, 3.8) is 0 Å². The Morgan fingerprint density at radius 2 is 1.41 bits per heavy atom. The summed E-state index contributed by atoms with van der Waals surface area (Å²) in [5.41, 5.74) is 0. The van der Waals surface area contributed by atoms with E-state index in [1.165, 1.54) is 57.8 Å². The number of carbonyl (C=O) groups is 1. The highest BCUT2D eigenvalue weighted by Crippen LogP contribution is 2.38. The van der Waals surface area contributed by atoms with E-state index in [0.717, 1.165) is 25.0 Å². The molecule has 0 spiro atoms. The number of phenolic OH excluding ortho intramolecular Hbond substituents is 3. The van der Waals surface area contributed by atoms with E-state index >= 15 is 0 Å². The second-order valence-electron chi connectivity index (χ2n) is 7.55. The van der Waals surface area contributed by atoms with E-state index in [2.05, 4.69) is 13.8 Å². The first kappa shape index (κ1) is 23.1. The summed E-state index contributed by atoms with van der Waals surface area (Å²) in [6, 6.07) is 2.22. The number of carbonyl (C=O) groups excluding carboxylic acids is 1. The topological polar surface area (TPSA) is 87.0 Å². The number of unbranched alkanes of at least 4 members (excludes halogenated alkanes) is 8. The Kier molecular flexibility index (Phi) is 11.4. The van der Waals surface area contributed by atoms with Crippen molar-refractivity contribution >= 4 is 5.97 Å². The molecular weight excluding hydrogens is 344 g/mol. The van der Waals surface area contributed by atoms with E-state index < -0.39 is 23.2 Å². The molecule has 0 heterocycles. The van der Waals surface area contributed by atoms with Gasteiger partial charge in [0.15, 0.2) is 11.5 Å². The molecule has 1 aromatic rings. The summed E-state index contributed by atoms with van der Waals surface area (Å²) < 4.78 is 5.11. The van der Waals surface area contributed by atoms with Crippen LogP contribution in [0.15, 0.2) is 12.1 Å². The van der Waals surface area contributed by atoms with Crippen molar-refractivity contribution in [2.75, 3.05) is 0 Å². The Morgan fingerprint density at radius 3 is 1.96 bits per heavy atom. The number of ether oxygens (including phenoxy) is 1. The molecule has 0 fully saturated rings. The molecule has 5 nitrogen and oxygen atoms in total. The average molecular weight is 381 g/mol. The number of esters is 1. The minimum atomic E-state index is -0.621. The Balaban J connectivity index is 2.10. The Labute approximate surface area is 163 Å². The summed E-state index contributed by atoms with van der Waals surface area (Å²) in [5.74, 6) is -1.57. The van der Waals surface area contributed by atoms with E-state index in [1.54, 1.807) is 0 Å². The van der Waals surface area contributed by atoms with Crippen molar-refractivity contribution in [3.05, 3.63) is 12.1 Å². The highest BCUT2D eigenvalue weighted by Gasteiger charge is 2.13. The number of hydrogen-bond acceptors (Lipinski definition) is 5. The van der Waals surface area contributed by atoms with E-state index in [1.807, 2.05) is 0 Å². The average Bonchev–Trinajstić information content (AvgIpc) is 2.63. The largest absolute Gasteiger partial charge is 0.504 e. The van der Waals surface area contributed by atoms with Crippen LogP contribution in [0.3, 0.4) is 0 Å². The van der Waals surface area contributed by atoms with Gasteiger partial charge in [-0.05, 0) is 12.3 Å². The van der Waals surface area contributed by atoms with Gasteiger partial charge in [-0.15, -0.1) is 0 Å². The zero-order chi connectivity index (χ0) is 20.1. The first-order valence-electron chi connectivity index (χ1n) is 10.4. The van der Waals surface area contributed by atoms with Crippen LogP contribution in [0.5, 0.6) is 23.0 Å². The maximum absolute atomic E-state index is 11.9. The smallest absolute Gasteiger partial charge is 0.311 e. The number of phenols is 3. The fourth-order valence-corrected chi connectivity index (χ4v) is 3.13. The predicted octanol–water partition coefficient (Wildman–Crippen LogP) is 6.05. The molecule has 5 heteroatoms. The van der Waals surface area contributed by atoms with Gasteiger partial charge in [0, 0.05) is 18.6 Å². The Morgan fingerprint density at radius 1 is 0.889 bits per heavy atom. The summed E-state index contributed by atoms with van der Waals surface area (Å²) in [6.07, 6.45) is 14.0. The summed E-state index contributed by atoms with van der Waals surface area (Å²) in [4.78, 5) is 11.9. The SMILES string of the molecule is CCCCCCCCCCCC(C)CCC(=O)Oc1cc(O)c(O)c(O)c1. The molecule has 1 unspecified atom stereocenters. The molecule has 1 aromatic carbocycles. The summed E-state index contributed by atoms with van der Waals surface area (Å²) >= 11 is 0. The maximum Gasteiger partial charge on any atom is 0.311 e. The van der Waals surface area contributed by atoms with Crippen molar-refractivity contribution in [1.82, 2.24) is 0 Å². The zero-order valence-electron chi connectivity index (χ0n) is 16.9. The van der Waals surface area contributed by atoms with Crippen LogP contribution in [0.2, 0.25) is 0 Å². The van der Waals surface area contributed by atoms with Crippen LogP contribution in [0.4, 0.5) is 0 Å². The van der Waals surface area contributed by atoms with Gasteiger partial charge >= 0.3 is 5.97 Å². The highest BCUT2D eigenvalue weighted by molar-refractivity contribution is 5.73. The van der Waals surface area contributed by atoms with Gasteiger partial charge < -0.3 is 20.1 Å². The lowest BCUT2D eigenvalue weighted by molar-refractivity contribution is -0.134. The van der Waals surface area contributed by atoms with Crippen LogP contribution < -0.4 is 4.74 Å². The van der Waals surface area contributed by atoms with Gasteiger partial charge in [0.05, 0.1) is 0 Å². The normalized spacial score (nSPS) is 12.1. The minimum Gasteiger partial charge on any atom is -0.504 e. The van der Waals surface area contributed by atoms with Crippen LogP contribution in [0, 0.1) is 5.92 Å². The Bertz CT molecular complexity index is 533. The van der Waals surface area contributed by atoms with Crippen molar-refractivity contribution in [2.24, 2.45) is 5.92 Å². The fourth-order valence-electron chi connectivity index (χ4n) is 3.13. The second kappa shape index (κ2) is 13.3. The first-order valence-corrected chi connectivity index (χ1v) is 10.4. The number of benzene rings is 1. The van der Waals surface area contributed by atoms with Gasteiger partial charge in [0.1, 0.15) is 5.75 Å². The molecule has 27 heavy (non-hydrogen) atoms. The predicted molar refractivity (Wildman–Crippen MR) is 107 cm³/mol. The van der Waals surface area contributed by atoms with Gasteiger partial charge in [-0.2, -0.15) is 0 Å². The quantitative estimate of drug-likeness (QED) is 0.158. The van der Waals surface area contributed by atoms with Gasteiger partial charge in [0.25, 0.3) is 0 Å². The van der Waals surface area contributed by atoms with Gasteiger partial charge in [-0.3, -0.25) is 4.79 Å². The third-order valence-electron chi connectivity index (χ3n) is 4.92. The monoisotopic (exact) mass is 380 g/mol. The van der Waals surface area contributed by atoms with Crippen LogP contribution in [0.25, 0.3) is 0 Å². The summed E-state index contributed by atoms with van der Waals surface area (Å²) in [7, 11) is 0. The van der Waals surface area contributed by atoms with Crippen molar-refractivity contribution in [2.45, 2.75) is 90.9 Å². The lowest BCUT2D eigenvalue weighted by atomic mass is 9.97. The Hall–Kier alpha value is -1.91. The van der Waals surface area contributed by atoms with Crippen LogP contribution in [-0.4, -0.2) is 21.3 Å². The second-order valence-corrected chi connectivity index (χ2v) is 7.55. The molecule has 0 amide bonds. The van der Waals surface area contributed by atoms with E-state index in [9.17, 15) is 20.1 Å². The van der Waals surface area contributed by atoms with Crippen LogP contribution >= 0.6 is 0 Å². The number of rotatable bonds is 14. The lowest BCUT2D eigenvalue weighted by Crippen LogP contribution is -2.09. The molecular formula is C22H36O5. The van der Waals surface area contributed by atoms with Crippen LogP contribution in [0.1, 0.15) is 90.9 Å². The fraction of sp³-hybridized carbons (Fsp3) is 0.682. The summed E-state index contributed by atoms with van der Waals surface area (Å²) in [6.45, 7) is 4.39. The van der Waals surface area contributed by atoms with E-state index in [-0.39, 0.29) is 5.75 Å². The van der Waals surface area contributed by atoms with Crippen molar-refractivity contribution < 1.29 is 24.9 Å². The van der Waals surface area contributed by atoms with E-state index in [4.69, 9.17) is 4.74 Å². The molecule has 154 valence electrons. The third-order valence-corrected chi connectivity index (χ3v) is 4.92. The molecule has 0 aliphatic carbocycles. The molecule has 0 radical (unpaired) electrons. The lowest BCUT2D eigenvalue weighted by Gasteiger charge is -2.11.